The molecule has 12 heavy (non-hydrogen) atoms. The molecular weight excluding hydrogens is 166 g/mol. The second-order valence-corrected chi connectivity index (χ2v) is 2.81. The van der Waals surface area contributed by atoms with E-state index in [9.17, 15) is 10.2 Å². The van der Waals surface area contributed by atoms with Crippen molar-refractivity contribution in [2.24, 2.45) is 5.16 Å². The standard InChI is InChI=1S/C6H9NO5/c8-3-4(9)6-11-1-2(7-10)5(3)12-6/h3-6,8-10H,1H2/b7-2+/t3-,4-,5+,6+/m1/s1. The van der Waals surface area contributed by atoms with Gasteiger partial charge in [0, 0.05) is 0 Å². The first kappa shape index (κ1) is 7.93. The maximum absolute atomic E-state index is 9.32. The van der Waals surface area contributed by atoms with E-state index in [0.717, 1.165) is 0 Å². The van der Waals surface area contributed by atoms with Crippen LogP contribution in [0.1, 0.15) is 0 Å². The molecule has 6 nitrogen and oxygen atoms in total. The van der Waals surface area contributed by atoms with Crippen LogP contribution in [0.5, 0.6) is 0 Å². The molecule has 4 atom stereocenters. The van der Waals surface area contributed by atoms with Gasteiger partial charge in [-0.3, -0.25) is 0 Å². The molecule has 2 bridgehead atoms. The topological polar surface area (TPSA) is 91.5 Å². The van der Waals surface area contributed by atoms with E-state index < -0.39 is 24.6 Å². The van der Waals surface area contributed by atoms with Gasteiger partial charge in [0.15, 0.2) is 6.29 Å². The van der Waals surface area contributed by atoms with Crippen molar-refractivity contribution >= 4 is 5.71 Å². The number of oxime groups is 1. The van der Waals surface area contributed by atoms with Crippen LogP contribution in [0.3, 0.4) is 0 Å². The lowest BCUT2D eigenvalue weighted by Gasteiger charge is -2.21. The molecule has 2 aliphatic heterocycles. The van der Waals surface area contributed by atoms with E-state index in [0.29, 0.717) is 0 Å². The van der Waals surface area contributed by atoms with Crippen molar-refractivity contribution < 1.29 is 24.9 Å². The van der Waals surface area contributed by atoms with Crippen LogP contribution < -0.4 is 0 Å². The first-order valence-electron chi connectivity index (χ1n) is 3.58. The van der Waals surface area contributed by atoms with Crippen LogP contribution in [0, 0.1) is 0 Å². The number of ether oxygens (including phenoxy) is 2. The van der Waals surface area contributed by atoms with Crippen molar-refractivity contribution in [3.8, 4) is 0 Å². The normalized spacial score (nSPS) is 50.0. The van der Waals surface area contributed by atoms with Gasteiger partial charge in [0.25, 0.3) is 0 Å². The molecule has 0 amide bonds. The summed E-state index contributed by atoms with van der Waals surface area (Å²) in [5, 5.41) is 29.9. The molecule has 2 saturated heterocycles. The molecule has 2 heterocycles. The average molecular weight is 175 g/mol. The van der Waals surface area contributed by atoms with Gasteiger partial charge in [0.1, 0.15) is 24.0 Å². The minimum Gasteiger partial charge on any atom is -0.411 e. The molecule has 0 radical (unpaired) electrons. The first-order chi connectivity index (χ1) is 5.74. The Morgan fingerprint density at radius 2 is 2.08 bits per heavy atom. The molecule has 0 unspecified atom stereocenters. The number of aliphatic hydroxyl groups excluding tert-OH is 2. The minimum absolute atomic E-state index is 0.0833. The van der Waals surface area contributed by atoms with Gasteiger partial charge in [-0.25, -0.2) is 0 Å². The predicted octanol–water partition coefficient (Wildman–Crippen LogP) is -1.71. The second-order valence-electron chi connectivity index (χ2n) is 2.81. The second kappa shape index (κ2) is 2.67. The number of hydrogen-bond donors (Lipinski definition) is 3. The quantitative estimate of drug-likeness (QED) is 0.301. The van der Waals surface area contributed by atoms with Crippen LogP contribution >= 0.6 is 0 Å². The summed E-state index contributed by atoms with van der Waals surface area (Å²) in [6, 6.07) is 0. The molecule has 6 heteroatoms. The fourth-order valence-electron chi connectivity index (χ4n) is 1.39. The van der Waals surface area contributed by atoms with Crippen molar-refractivity contribution in [1.82, 2.24) is 0 Å². The maximum atomic E-state index is 9.32. The molecule has 0 saturated carbocycles. The van der Waals surface area contributed by atoms with E-state index in [-0.39, 0.29) is 12.3 Å². The van der Waals surface area contributed by atoms with E-state index >= 15 is 0 Å². The lowest BCUT2D eigenvalue weighted by Crippen LogP contribution is -2.37. The van der Waals surface area contributed by atoms with Crippen LogP contribution in [0.15, 0.2) is 5.16 Å². The highest BCUT2D eigenvalue weighted by Crippen LogP contribution is 2.27. The van der Waals surface area contributed by atoms with Crippen LogP contribution in [0.4, 0.5) is 0 Å². The number of fused-ring (bicyclic) bond motifs is 2. The average Bonchev–Trinajstić information content (AvgIpc) is 2.33. The molecule has 68 valence electrons. The number of aliphatic hydroxyl groups is 2. The number of nitrogens with zero attached hydrogens (tertiary/aromatic N) is 1. The maximum Gasteiger partial charge on any atom is 0.187 e. The van der Waals surface area contributed by atoms with E-state index in [2.05, 4.69) is 5.16 Å². The zero-order chi connectivity index (χ0) is 8.72. The zero-order valence-electron chi connectivity index (χ0n) is 6.12. The van der Waals surface area contributed by atoms with E-state index in [1.807, 2.05) is 0 Å². The molecule has 2 aliphatic rings. The van der Waals surface area contributed by atoms with Gasteiger partial charge < -0.3 is 24.9 Å². The fraction of sp³-hybridized carbons (Fsp3) is 0.833. The fourth-order valence-corrected chi connectivity index (χ4v) is 1.39. The summed E-state index contributed by atoms with van der Waals surface area (Å²) in [5.41, 5.74) is 0.204. The third-order valence-corrected chi connectivity index (χ3v) is 2.07. The monoisotopic (exact) mass is 175 g/mol. The Kier molecular flexibility index (Phi) is 1.76. The van der Waals surface area contributed by atoms with E-state index in [1.165, 1.54) is 0 Å². The summed E-state index contributed by atoms with van der Waals surface area (Å²) in [5.74, 6) is 0. The summed E-state index contributed by atoms with van der Waals surface area (Å²) in [6.07, 6.45) is -3.66. The predicted molar refractivity (Wildman–Crippen MR) is 35.8 cm³/mol. The Morgan fingerprint density at radius 3 is 2.75 bits per heavy atom. The zero-order valence-corrected chi connectivity index (χ0v) is 6.12. The van der Waals surface area contributed by atoms with Gasteiger partial charge in [-0.2, -0.15) is 0 Å². The van der Waals surface area contributed by atoms with Gasteiger partial charge in [-0.15, -0.1) is 0 Å². The third-order valence-electron chi connectivity index (χ3n) is 2.07. The van der Waals surface area contributed by atoms with Gasteiger partial charge in [-0.05, 0) is 0 Å². The molecule has 3 N–H and O–H groups in total. The van der Waals surface area contributed by atoms with Crippen LogP contribution in [-0.4, -0.2) is 52.3 Å². The lowest BCUT2D eigenvalue weighted by molar-refractivity contribution is -0.163. The molecular formula is C6H9NO5. The summed E-state index contributed by atoms with van der Waals surface area (Å²) in [6.45, 7) is 0.0833. The highest BCUT2D eigenvalue weighted by atomic mass is 16.7. The Morgan fingerprint density at radius 1 is 1.33 bits per heavy atom. The van der Waals surface area contributed by atoms with Crippen molar-refractivity contribution in [2.75, 3.05) is 6.61 Å². The highest BCUT2D eigenvalue weighted by Gasteiger charge is 2.49. The smallest absolute Gasteiger partial charge is 0.187 e. The summed E-state index contributed by atoms with van der Waals surface area (Å²) >= 11 is 0. The van der Waals surface area contributed by atoms with Crippen LogP contribution in [0.25, 0.3) is 0 Å². The molecule has 2 fully saturated rings. The van der Waals surface area contributed by atoms with Crippen molar-refractivity contribution in [2.45, 2.75) is 24.6 Å². The SMILES string of the molecule is O/N=C1\CO[C@H]2O[C@@H]1[C@H](O)[C@H]2O. The molecule has 0 aromatic carbocycles. The summed E-state index contributed by atoms with van der Waals surface area (Å²) < 4.78 is 9.94. The molecule has 0 spiro atoms. The van der Waals surface area contributed by atoms with Gasteiger partial charge >= 0.3 is 0 Å². The minimum atomic E-state index is -1.07. The van der Waals surface area contributed by atoms with Crippen molar-refractivity contribution in [3.05, 3.63) is 0 Å². The van der Waals surface area contributed by atoms with Crippen molar-refractivity contribution in [1.29, 1.82) is 0 Å². The van der Waals surface area contributed by atoms with Gasteiger partial charge in [0.05, 0.1) is 6.61 Å². The van der Waals surface area contributed by atoms with Gasteiger partial charge in [0.2, 0.25) is 0 Å². The Balaban J connectivity index is 2.23. The Bertz CT molecular complexity index is 218. The largest absolute Gasteiger partial charge is 0.411 e. The van der Waals surface area contributed by atoms with Crippen LogP contribution in [0.2, 0.25) is 0 Å². The summed E-state index contributed by atoms with van der Waals surface area (Å²) in [4.78, 5) is 0. The van der Waals surface area contributed by atoms with E-state index in [4.69, 9.17) is 14.7 Å². The number of hydrogen-bond acceptors (Lipinski definition) is 6. The first-order valence-corrected chi connectivity index (χ1v) is 3.58. The summed E-state index contributed by atoms with van der Waals surface area (Å²) in [7, 11) is 0. The number of rotatable bonds is 0. The third kappa shape index (κ3) is 0.929. The molecule has 0 aromatic rings. The molecule has 0 aliphatic carbocycles. The van der Waals surface area contributed by atoms with E-state index in [1.54, 1.807) is 0 Å². The van der Waals surface area contributed by atoms with Gasteiger partial charge in [-0.1, -0.05) is 5.16 Å². The molecule has 2 rings (SSSR count). The van der Waals surface area contributed by atoms with Crippen molar-refractivity contribution in [3.63, 3.8) is 0 Å². The lowest BCUT2D eigenvalue weighted by atomic mass is 10.1. The van der Waals surface area contributed by atoms with Crippen LogP contribution in [-0.2, 0) is 9.47 Å². The molecule has 0 aromatic heterocycles. The Labute approximate surface area is 68.0 Å². The highest BCUT2D eigenvalue weighted by molar-refractivity contribution is 5.91. The Hall–Kier alpha value is -0.690.